The highest BCUT2D eigenvalue weighted by Crippen LogP contribution is 2.39. The first-order chi connectivity index (χ1) is 12.6. The fourth-order valence-electron chi connectivity index (χ4n) is 2.81. The third kappa shape index (κ3) is 5.78. The van der Waals surface area contributed by atoms with Gasteiger partial charge in [0.15, 0.2) is 8.32 Å². The van der Waals surface area contributed by atoms with Gasteiger partial charge in [-0.1, -0.05) is 51.6 Å². The smallest absolute Gasteiger partial charge is 0.410 e. The molecule has 1 aromatic heterocycles. The van der Waals surface area contributed by atoms with Gasteiger partial charge in [-0.2, -0.15) is 0 Å². The number of likely N-dealkylation sites (tertiary alicyclic amines) is 1. The lowest BCUT2D eigenvalue weighted by Crippen LogP contribution is -2.44. The Labute approximate surface area is 164 Å². The van der Waals surface area contributed by atoms with Crippen LogP contribution in [0.1, 0.15) is 32.8 Å². The molecule has 2 atom stereocenters. The minimum atomic E-state index is -1.91. The summed E-state index contributed by atoms with van der Waals surface area (Å²) in [6.45, 7) is 15.5. The first-order valence-corrected chi connectivity index (χ1v) is 12.4. The minimum Gasteiger partial charge on any atom is -0.445 e. The molecule has 1 aromatic rings. The first-order valence-electron chi connectivity index (χ1n) is 9.44. The van der Waals surface area contributed by atoms with Gasteiger partial charge in [0.1, 0.15) is 6.61 Å². The van der Waals surface area contributed by atoms with E-state index < -0.39 is 8.32 Å². The molecule has 0 aromatic carbocycles. The number of nitrogens with zero attached hydrogens (tertiary/aromatic N) is 2. The number of hydrogen-bond acceptors (Lipinski definition) is 4. The van der Waals surface area contributed by atoms with E-state index in [4.69, 9.17) is 9.16 Å². The van der Waals surface area contributed by atoms with Gasteiger partial charge >= 0.3 is 6.09 Å². The number of aromatic nitrogens is 1. The van der Waals surface area contributed by atoms with E-state index in [1.165, 1.54) is 0 Å². The first kappa shape index (κ1) is 21.4. The Bertz CT molecular complexity index is 668. The summed E-state index contributed by atoms with van der Waals surface area (Å²) in [7, 11) is -1.91. The molecule has 1 aliphatic heterocycles. The van der Waals surface area contributed by atoms with Crippen molar-refractivity contribution < 1.29 is 14.0 Å². The lowest BCUT2D eigenvalue weighted by Gasteiger charge is -2.38. The van der Waals surface area contributed by atoms with Gasteiger partial charge in [0.05, 0.1) is 12.1 Å². The second-order valence-corrected chi connectivity index (χ2v) is 13.2. The molecule has 0 spiro atoms. The van der Waals surface area contributed by atoms with Crippen LogP contribution >= 0.6 is 0 Å². The molecule has 27 heavy (non-hydrogen) atoms. The van der Waals surface area contributed by atoms with E-state index in [0.29, 0.717) is 6.54 Å². The average molecular weight is 389 g/mol. The molecule has 1 aliphatic rings. The summed E-state index contributed by atoms with van der Waals surface area (Å²) in [4.78, 5) is 18.4. The summed E-state index contributed by atoms with van der Waals surface area (Å²) in [6, 6.07) is 3.83. The lowest BCUT2D eigenvalue weighted by atomic mass is 10.1. The normalized spacial score (nSPS) is 20.9. The van der Waals surface area contributed by atoms with E-state index in [1.54, 1.807) is 23.4 Å². The molecule has 0 unspecified atom stereocenters. The zero-order valence-electron chi connectivity index (χ0n) is 17.1. The SMILES string of the molecule is C=CCOC(=O)N1C[C@H](O[Si](C)(C)C(C)(C)C)C[C@H]1C=Cc1cccnc1. The topological polar surface area (TPSA) is 51.7 Å². The Morgan fingerprint density at radius 3 is 2.78 bits per heavy atom. The van der Waals surface area contributed by atoms with Crippen LogP contribution in [0.3, 0.4) is 0 Å². The van der Waals surface area contributed by atoms with Crippen LogP contribution in [0.2, 0.25) is 18.1 Å². The molecule has 2 heterocycles. The molecule has 1 amide bonds. The van der Waals surface area contributed by atoms with Crippen molar-refractivity contribution >= 4 is 20.5 Å². The van der Waals surface area contributed by atoms with Crippen molar-refractivity contribution in [1.82, 2.24) is 9.88 Å². The Morgan fingerprint density at radius 2 is 2.19 bits per heavy atom. The summed E-state index contributed by atoms with van der Waals surface area (Å²) in [5.74, 6) is 0. The molecule has 0 bridgehead atoms. The standard InChI is InChI=1S/C21H32N2O3Si/c1-7-13-25-20(24)23-16-19(26-27(5,6)21(2,3)4)14-18(23)11-10-17-9-8-12-22-15-17/h7-12,15,18-19H,1,13-14,16H2,2-6H3/t18-,19-/m1/s1. The van der Waals surface area contributed by atoms with Crippen LogP contribution in [-0.4, -0.2) is 49.6 Å². The highest BCUT2D eigenvalue weighted by atomic mass is 28.4. The van der Waals surface area contributed by atoms with Crippen molar-refractivity contribution in [3.8, 4) is 0 Å². The van der Waals surface area contributed by atoms with E-state index in [2.05, 4.69) is 45.4 Å². The number of carbonyl (C=O) groups is 1. The van der Waals surface area contributed by atoms with Crippen LogP contribution in [0.4, 0.5) is 4.79 Å². The average Bonchev–Trinajstić information content (AvgIpc) is 3.00. The molecule has 0 saturated carbocycles. The quantitative estimate of drug-likeness (QED) is 0.515. The molecule has 6 heteroatoms. The monoisotopic (exact) mass is 388 g/mol. The van der Waals surface area contributed by atoms with Crippen molar-refractivity contribution in [3.63, 3.8) is 0 Å². The van der Waals surface area contributed by atoms with Gasteiger partial charge < -0.3 is 9.16 Å². The summed E-state index contributed by atoms with van der Waals surface area (Å²) in [5, 5.41) is 0.130. The van der Waals surface area contributed by atoms with Gasteiger partial charge in [0.25, 0.3) is 0 Å². The number of hydrogen-bond donors (Lipinski definition) is 0. The fourth-order valence-corrected chi connectivity index (χ4v) is 4.16. The van der Waals surface area contributed by atoms with Crippen LogP contribution in [0.25, 0.3) is 6.08 Å². The Morgan fingerprint density at radius 1 is 1.44 bits per heavy atom. The summed E-state index contributed by atoms with van der Waals surface area (Å²) >= 11 is 0. The molecule has 1 fully saturated rings. The zero-order chi connectivity index (χ0) is 20.1. The van der Waals surface area contributed by atoms with Gasteiger partial charge in [-0.15, -0.1) is 0 Å². The van der Waals surface area contributed by atoms with Gasteiger partial charge in [-0.05, 0) is 36.2 Å². The zero-order valence-corrected chi connectivity index (χ0v) is 18.1. The maximum Gasteiger partial charge on any atom is 0.410 e. The van der Waals surface area contributed by atoms with Crippen molar-refractivity contribution in [1.29, 1.82) is 0 Å². The number of pyridine rings is 1. The molecular weight excluding hydrogens is 356 g/mol. The Balaban J connectivity index is 2.14. The summed E-state index contributed by atoms with van der Waals surface area (Å²) in [5.41, 5.74) is 1.01. The van der Waals surface area contributed by atoms with Crippen LogP contribution in [-0.2, 0) is 9.16 Å². The van der Waals surface area contributed by atoms with Crippen molar-refractivity contribution in [2.45, 2.75) is 57.5 Å². The largest absolute Gasteiger partial charge is 0.445 e. The third-order valence-electron chi connectivity index (χ3n) is 5.33. The van der Waals surface area contributed by atoms with Gasteiger partial charge in [0.2, 0.25) is 0 Å². The Hall–Kier alpha value is -1.92. The van der Waals surface area contributed by atoms with Gasteiger partial charge in [-0.3, -0.25) is 9.88 Å². The minimum absolute atomic E-state index is 0.0192. The number of ether oxygens (including phenoxy) is 1. The van der Waals surface area contributed by atoms with Crippen LogP contribution in [0.15, 0.2) is 43.3 Å². The highest BCUT2D eigenvalue weighted by molar-refractivity contribution is 6.74. The number of rotatable bonds is 6. The van der Waals surface area contributed by atoms with Crippen LogP contribution in [0.5, 0.6) is 0 Å². The Kier molecular flexibility index (Phi) is 7.00. The molecule has 0 N–H and O–H groups in total. The van der Waals surface area contributed by atoms with E-state index in [0.717, 1.165) is 12.0 Å². The second kappa shape index (κ2) is 8.84. The number of amides is 1. The van der Waals surface area contributed by atoms with Crippen LogP contribution in [0, 0.1) is 0 Å². The molecule has 1 saturated heterocycles. The van der Waals surface area contributed by atoms with Crippen molar-refractivity contribution in [2.24, 2.45) is 0 Å². The van der Waals surface area contributed by atoms with E-state index >= 15 is 0 Å². The molecule has 2 rings (SSSR count). The van der Waals surface area contributed by atoms with E-state index in [1.807, 2.05) is 24.3 Å². The third-order valence-corrected chi connectivity index (χ3v) is 9.86. The van der Waals surface area contributed by atoms with E-state index in [9.17, 15) is 4.79 Å². The number of carbonyl (C=O) groups excluding carboxylic acids is 1. The predicted molar refractivity (Wildman–Crippen MR) is 112 cm³/mol. The molecular formula is C21H32N2O3Si. The molecule has 148 valence electrons. The maximum absolute atomic E-state index is 12.5. The van der Waals surface area contributed by atoms with Gasteiger partial charge in [-0.25, -0.2) is 4.79 Å². The van der Waals surface area contributed by atoms with Crippen molar-refractivity contribution in [2.75, 3.05) is 13.2 Å². The second-order valence-electron chi connectivity index (χ2n) is 8.47. The molecule has 0 radical (unpaired) electrons. The highest BCUT2D eigenvalue weighted by Gasteiger charge is 2.43. The molecule has 0 aliphatic carbocycles. The lowest BCUT2D eigenvalue weighted by molar-refractivity contribution is 0.108. The molecule has 5 nitrogen and oxygen atoms in total. The summed E-state index contributed by atoms with van der Waals surface area (Å²) in [6.07, 6.45) is 9.64. The fraction of sp³-hybridized carbons (Fsp3) is 0.524. The predicted octanol–water partition coefficient (Wildman–Crippen LogP) is 4.88. The van der Waals surface area contributed by atoms with Crippen molar-refractivity contribution in [3.05, 3.63) is 48.8 Å². The van der Waals surface area contributed by atoms with E-state index in [-0.39, 0.29) is 29.9 Å². The van der Waals surface area contributed by atoms with Gasteiger partial charge in [0, 0.05) is 18.9 Å². The maximum atomic E-state index is 12.5. The van der Waals surface area contributed by atoms with Crippen LogP contribution < -0.4 is 0 Å². The summed E-state index contributed by atoms with van der Waals surface area (Å²) < 4.78 is 11.8.